The number of amides is 1. The topological polar surface area (TPSA) is 161 Å². The van der Waals surface area contributed by atoms with Crippen LogP contribution in [0.2, 0.25) is 0 Å². The van der Waals surface area contributed by atoms with Crippen molar-refractivity contribution < 1.29 is 34.8 Å². The minimum atomic E-state index is -2.66. The molecule has 4 rings (SSSR count). The zero-order valence-electron chi connectivity index (χ0n) is 20.5. The van der Waals surface area contributed by atoms with Gasteiger partial charge in [0.2, 0.25) is 5.78 Å². The van der Waals surface area contributed by atoms with Gasteiger partial charge in [0.05, 0.1) is 11.6 Å². The van der Waals surface area contributed by atoms with Crippen molar-refractivity contribution in [3.63, 3.8) is 0 Å². The highest BCUT2D eigenvalue weighted by atomic mass is 16.3. The molecule has 3 aliphatic carbocycles. The number of carbonyl (C=O) groups excluding carboxylic acids is 3. The van der Waals surface area contributed by atoms with E-state index < -0.39 is 58.0 Å². The van der Waals surface area contributed by atoms with Crippen LogP contribution in [0.4, 0.5) is 0 Å². The van der Waals surface area contributed by atoms with Crippen LogP contribution in [-0.4, -0.2) is 68.5 Å². The standard InChI is InChI=1S/C28H28N2O7/c1-4-5-6-7-8-9-14-10-11-18(31)20-16(14)12-15-13-17-22(30(2)3)24(33)21(27(29)36)26(35)28(17,37)25(34)19(15)23(20)32/h1,10-11,15,17,22,31-32,35,37H,5-7,12-13H2,2-3H3,(H2,29,36)/t15-,17-,22-,28-/m0/s1. The second-order valence-electron chi connectivity index (χ2n) is 9.81. The number of ketones is 2. The van der Waals surface area contributed by atoms with Crippen LogP contribution in [0.5, 0.6) is 5.75 Å². The van der Waals surface area contributed by atoms with Crippen molar-refractivity contribution in [1.29, 1.82) is 0 Å². The van der Waals surface area contributed by atoms with Crippen molar-refractivity contribution in [2.45, 2.75) is 43.7 Å². The summed E-state index contributed by atoms with van der Waals surface area (Å²) in [5.74, 6) is 1.84. The van der Waals surface area contributed by atoms with E-state index in [0.29, 0.717) is 24.0 Å². The van der Waals surface area contributed by atoms with E-state index in [9.17, 15) is 34.8 Å². The van der Waals surface area contributed by atoms with E-state index in [1.54, 1.807) is 20.2 Å². The molecule has 37 heavy (non-hydrogen) atoms. The molecule has 1 fully saturated rings. The van der Waals surface area contributed by atoms with Crippen LogP contribution < -0.4 is 5.73 Å². The number of hydrogen-bond donors (Lipinski definition) is 5. The van der Waals surface area contributed by atoms with Gasteiger partial charge in [-0.15, -0.1) is 12.3 Å². The van der Waals surface area contributed by atoms with E-state index >= 15 is 0 Å². The van der Waals surface area contributed by atoms with Gasteiger partial charge >= 0.3 is 0 Å². The Bertz CT molecular complexity index is 1390. The Morgan fingerprint density at radius 3 is 2.54 bits per heavy atom. The fourth-order valence-electron chi connectivity index (χ4n) is 5.80. The summed E-state index contributed by atoms with van der Waals surface area (Å²) < 4.78 is 0. The number of primary amides is 1. The lowest BCUT2D eigenvalue weighted by molar-refractivity contribution is -0.153. The van der Waals surface area contributed by atoms with Crippen LogP contribution in [0.3, 0.4) is 0 Å². The number of benzene rings is 1. The second-order valence-corrected chi connectivity index (χ2v) is 9.81. The number of terminal acetylenes is 1. The fourth-order valence-corrected chi connectivity index (χ4v) is 5.80. The average molecular weight is 505 g/mol. The van der Waals surface area contributed by atoms with E-state index in [0.717, 1.165) is 6.42 Å². The number of nitrogens with two attached hydrogens (primary N) is 1. The van der Waals surface area contributed by atoms with Crippen molar-refractivity contribution in [2.75, 3.05) is 14.1 Å². The molecule has 6 N–H and O–H groups in total. The zero-order chi connectivity index (χ0) is 27.2. The zero-order valence-corrected chi connectivity index (χ0v) is 20.5. The summed E-state index contributed by atoms with van der Waals surface area (Å²) in [5.41, 5.74) is 2.76. The van der Waals surface area contributed by atoms with E-state index in [4.69, 9.17) is 12.2 Å². The van der Waals surface area contributed by atoms with Crippen molar-refractivity contribution >= 4 is 23.2 Å². The number of phenolic OH excluding ortho intramolecular Hbond substituents is 1. The molecule has 4 atom stereocenters. The molecule has 0 bridgehead atoms. The number of aliphatic hydroxyl groups excluding tert-OH is 2. The Morgan fingerprint density at radius 1 is 1.22 bits per heavy atom. The highest BCUT2D eigenvalue weighted by molar-refractivity contribution is 6.24. The summed E-state index contributed by atoms with van der Waals surface area (Å²) in [5, 5.41) is 44.3. The molecule has 1 aromatic rings. The highest BCUT2D eigenvalue weighted by Crippen LogP contribution is 2.52. The van der Waals surface area contributed by atoms with E-state index in [1.807, 2.05) is 0 Å². The normalized spacial score (nSPS) is 26.6. The summed E-state index contributed by atoms with van der Waals surface area (Å²) in [6, 6.07) is 1.86. The largest absolute Gasteiger partial charge is 0.508 e. The summed E-state index contributed by atoms with van der Waals surface area (Å²) in [6.07, 6.45) is 7.36. The Labute approximate surface area is 214 Å². The molecule has 1 aromatic carbocycles. The maximum absolute atomic E-state index is 13.8. The number of hydrogen-bond acceptors (Lipinski definition) is 8. The van der Waals surface area contributed by atoms with Crippen molar-refractivity contribution in [3.8, 4) is 29.9 Å². The van der Waals surface area contributed by atoms with E-state index in [-0.39, 0.29) is 29.7 Å². The number of unbranched alkanes of at least 4 members (excludes halogenated alkanes) is 2. The molecule has 3 aliphatic rings. The molecule has 0 spiro atoms. The van der Waals surface area contributed by atoms with Gasteiger partial charge in [-0.1, -0.05) is 11.8 Å². The summed E-state index contributed by atoms with van der Waals surface area (Å²) in [7, 11) is 3.11. The van der Waals surface area contributed by atoms with Crippen molar-refractivity contribution in [2.24, 2.45) is 17.6 Å². The van der Waals surface area contributed by atoms with Crippen LogP contribution in [0, 0.1) is 36.0 Å². The smallest absolute Gasteiger partial charge is 0.255 e. The lowest BCUT2D eigenvalue weighted by Crippen LogP contribution is -2.65. The highest BCUT2D eigenvalue weighted by Gasteiger charge is 2.64. The summed E-state index contributed by atoms with van der Waals surface area (Å²) >= 11 is 0. The SMILES string of the molecule is C#CCCCC#Cc1ccc(O)c2c1C[C@H]1C[C@H]3[C@H](N(C)C)C(=O)C(C(N)=O)=C(O)[C@@]3(O)C(=O)C1=C2O. The third-order valence-electron chi connectivity index (χ3n) is 7.45. The predicted octanol–water partition coefficient (Wildman–Crippen LogP) is 1.12. The third kappa shape index (κ3) is 3.88. The first-order valence-electron chi connectivity index (χ1n) is 11.9. The molecular formula is C28H28N2O7. The van der Waals surface area contributed by atoms with Crippen LogP contribution >= 0.6 is 0 Å². The van der Waals surface area contributed by atoms with Gasteiger partial charge in [-0.3, -0.25) is 19.3 Å². The van der Waals surface area contributed by atoms with Gasteiger partial charge in [0, 0.05) is 29.9 Å². The predicted molar refractivity (Wildman–Crippen MR) is 134 cm³/mol. The Hall–Kier alpha value is -4.05. The Morgan fingerprint density at radius 2 is 1.92 bits per heavy atom. The minimum Gasteiger partial charge on any atom is -0.508 e. The van der Waals surface area contributed by atoms with Gasteiger partial charge in [-0.25, -0.2) is 0 Å². The minimum absolute atomic E-state index is 0.0201. The van der Waals surface area contributed by atoms with E-state index in [1.165, 1.54) is 11.0 Å². The van der Waals surface area contributed by atoms with Gasteiger partial charge in [0.15, 0.2) is 11.4 Å². The quantitative estimate of drug-likeness (QED) is 0.232. The monoisotopic (exact) mass is 504 g/mol. The number of Topliss-reactive ketones (excluding diaryl/α,β-unsaturated/α-hetero) is 2. The molecule has 0 radical (unpaired) electrons. The van der Waals surface area contributed by atoms with E-state index in [2.05, 4.69) is 17.8 Å². The number of likely N-dealkylation sites (N-methyl/N-ethyl adjacent to an activating group) is 1. The first-order chi connectivity index (χ1) is 17.5. The summed E-state index contributed by atoms with van der Waals surface area (Å²) in [6.45, 7) is 0. The number of phenols is 1. The van der Waals surface area contributed by atoms with Crippen LogP contribution in [0.25, 0.3) is 5.76 Å². The molecule has 0 aliphatic heterocycles. The molecule has 0 unspecified atom stereocenters. The van der Waals surface area contributed by atoms with Crippen LogP contribution in [-0.2, 0) is 20.8 Å². The van der Waals surface area contributed by atoms with Crippen molar-refractivity contribution in [3.05, 3.63) is 45.7 Å². The van der Waals surface area contributed by atoms with Gasteiger partial charge in [-0.05, 0) is 57.0 Å². The van der Waals surface area contributed by atoms with Gasteiger partial charge in [0.1, 0.15) is 22.8 Å². The van der Waals surface area contributed by atoms with Gasteiger partial charge < -0.3 is 26.2 Å². The fraction of sp³-hybridized carbons (Fsp3) is 0.393. The maximum Gasteiger partial charge on any atom is 0.255 e. The number of fused-ring (bicyclic) bond motifs is 3. The first-order valence-corrected chi connectivity index (χ1v) is 11.9. The maximum atomic E-state index is 13.8. The molecule has 9 heteroatoms. The lowest BCUT2D eigenvalue weighted by atomic mass is 9.57. The molecule has 1 amide bonds. The molecule has 0 saturated heterocycles. The molecular weight excluding hydrogens is 476 g/mol. The third-order valence-corrected chi connectivity index (χ3v) is 7.45. The lowest BCUT2D eigenvalue weighted by Gasteiger charge is -2.50. The number of aliphatic hydroxyl groups is 3. The molecule has 1 saturated carbocycles. The number of rotatable bonds is 4. The van der Waals surface area contributed by atoms with Crippen LogP contribution in [0.1, 0.15) is 42.4 Å². The number of carbonyl (C=O) groups is 3. The average Bonchev–Trinajstić information content (AvgIpc) is 2.82. The number of aromatic hydroxyl groups is 1. The molecule has 0 heterocycles. The molecule has 9 nitrogen and oxygen atoms in total. The Kier molecular flexibility index (Phi) is 6.64. The Balaban J connectivity index is 1.88. The summed E-state index contributed by atoms with van der Waals surface area (Å²) in [4.78, 5) is 40.4. The second kappa shape index (κ2) is 9.44. The number of nitrogens with zero attached hydrogens (tertiary/aromatic N) is 1. The van der Waals surface area contributed by atoms with Crippen molar-refractivity contribution in [1.82, 2.24) is 4.90 Å². The van der Waals surface area contributed by atoms with Gasteiger partial charge in [-0.2, -0.15) is 0 Å². The van der Waals surface area contributed by atoms with Crippen LogP contribution in [0.15, 0.2) is 29.0 Å². The molecule has 192 valence electrons. The van der Waals surface area contributed by atoms with Gasteiger partial charge in [0.25, 0.3) is 5.91 Å². The first kappa shape index (κ1) is 26.0. The molecule has 0 aromatic heterocycles.